The average Bonchev–Trinajstić information content (AvgIpc) is 2.45. The van der Waals surface area contributed by atoms with Crippen LogP contribution in [0, 0.1) is 11.8 Å². The van der Waals surface area contributed by atoms with E-state index >= 15 is 0 Å². The van der Waals surface area contributed by atoms with Crippen LogP contribution in [0.1, 0.15) is 31.4 Å². The highest BCUT2D eigenvalue weighted by atomic mass is 32.2. The third-order valence-electron chi connectivity index (χ3n) is 4.58. The van der Waals surface area contributed by atoms with Gasteiger partial charge in [0.2, 0.25) is 0 Å². The summed E-state index contributed by atoms with van der Waals surface area (Å²) in [7, 11) is -3.33. The van der Waals surface area contributed by atoms with Crippen LogP contribution in [0.4, 0.5) is 0 Å². The second-order valence-electron chi connectivity index (χ2n) is 6.62. The molecule has 1 aromatic rings. The molecule has 2 heterocycles. The van der Waals surface area contributed by atoms with Gasteiger partial charge < -0.3 is 0 Å². The molecule has 0 amide bonds. The van der Waals surface area contributed by atoms with Crippen molar-refractivity contribution in [2.45, 2.75) is 33.2 Å². The Labute approximate surface area is 127 Å². The monoisotopic (exact) mass is 308 g/mol. The predicted octanol–water partition coefficient (Wildman–Crippen LogP) is 2.27. The van der Waals surface area contributed by atoms with Crippen molar-refractivity contribution in [1.29, 1.82) is 0 Å². The van der Waals surface area contributed by atoms with Crippen molar-refractivity contribution in [3.63, 3.8) is 0 Å². The Hall–Kier alpha value is -0.910. The van der Waals surface area contributed by atoms with Crippen molar-refractivity contribution in [1.82, 2.24) is 8.61 Å². The lowest BCUT2D eigenvalue weighted by atomic mass is 9.94. The van der Waals surface area contributed by atoms with Crippen LogP contribution in [-0.2, 0) is 23.2 Å². The van der Waals surface area contributed by atoms with Crippen LogP contribution in [0.15, 0.2) is 24.3 Å². The van der Waals surface area contributed by atoms with Gasteiger partial charge >= 0.3 is 0 Å². The lowest BCUT2D eigenvalue weighted by molar-refractivity contribution is 0.206. The van der Waals surface area contributed by atoms with Gasteiger partial charge in [-0.05, 0) is 35.8 Å². The summed E-state index contributed by atoms with van der Waals surface area (Å²) in [5.41, 5.74) is 2.43. The van der Waals surface area contributed by atoms with Crippen LogP contribution < -0.4 is 0 Å². The number of fused-ring (bicyclic) bond motifs is 1. The number of benzene rings is 1. The van der Waals surface area contributed by atoms with E-state index in [1.165, 1.54) is 5.56 Å². The van der Waals surface area contributed by atoms with Crippen molar-refractivity contribution < 1.29 is 8.42 Å². The second-order valence-corrected chi connectivity index (χ2v) is 8.55. The zero-order chi connectivity index (χ0) is 15.0. The van der Waals surface area contributed by atoms with Crippen molar-refractivity contribution in [3.8, 4) is 0 Å². The molecule has 3 rings (SSSR count). The Morgan fingerprint density at radius 3 is 2.29 bits per heavy atom. The van der Waals surface area contributed by atoms with Crippen LogP contribution in [0.2, 0.25) is 0 Å². The summed E-state index contributed by atoms with van der Waals surface area (Å²) in [6, 6.07) is 8.15. The molecule has 2 atom stereocenters. The van der Waals surface area contributed by atoms with E-state index in [2.05, 4.69) is 19.9 Å². The molecule has 0 bridgehead atoms. The highest BCUT2D eigenvalue weighted by Crippen LogP contribution is 2.27. The molecule has 2 unspecified atom stereocenters. The molecule has 0 radical (unpaired) electrons. The maximum atomic E-state index is 12.9. The van der Waals surface area contributed by atoms with Crippen molar-refractivity contribution in [3.05, 3.63) is 35.4 Å². The average molecular weight is 308 g/mol. The van der Waals surface area contributed by atoms with Gasteiger partial charge in [0.15, 0.2) is 0 Å². The number of piperidine rings is 1. The van der Waals surface area contributed by atoms with Crippen molar-refractivity contribution in [2.24, 2.45) is 11.8 Å². The summed E-state index contributed by atoms with van der Waals surface area (Å²) in [5, 5.41) is 0. The molecule has 2 aliphatic heterocycles. The fourth-order valence-electron chi connectivity index (χ4n) is 3.62. The smallest absolute Gasteiger partial charge is 0.195 e. The van der Waals surface area contributed by atoms with Gasteiger partial charge in [0.25, 0.3) is 10.2 Å². The van der Waals surface area contributed by atoms with Crippen molar-refractivity contribution in [2.75, 3.05) is 19.6 Å². The minimum absolute atomic E-state index is 0.445. The topological polar surface area (TPSA) is 40.6 Å². The van der Waals surface area contributed by atoms with E-state index in [-0.39, 0.29) is 0 Å². The lowest BCUT2D eigenvalue weighted by Gasteiger charge is -2.38. The molecule has 0 aliphatic carbocycles. The van der Waals surface area contributed by atoms with E-state index in [0.717, 1.165) is 18.4 Å². The molecule has 1 saturated heterocycles. The minimum atomic E-state index is -3.33. The molecule has 116 valence electrons. The number of hydrogen-bond acceptors (Lipinski definition) is 2. The molecule has 0 N–H and O–H groups in total. The molecule has 2 aliphatic rings. The first-order valence-corrected chi connectivity index (χ1v) is 9.18. The van der Waals surface area contributed by atoms with Crippen LogP contribution in [0.25, 0.3) is 0 Å². The first-order valence-electron chi connectivity index (χ1n) is 7.79. The molecule has 4 nitrogen and oxygen atoms in total. The van der Waals surface area contributed by atoms with E-state index in [1.807, 2.05) is 18.2 Å². The summed E-state index contributed by atoms with van der Waals surface area (Å²) in [4.78, 5) is 0. The van der Waals surface area contributed by atoms with Crippen LogP contribution in [0.3, 0.4) is 0 Å². The highest BCUT2D eigenvalue weighted by molar-refractivity contribution is 7.86. The number of nitrogens with zero attached hydrogens (tertiary/aromatic N) is 2. The Morgan fingerprint density at radius 1 is 1.00 bits per heavy atom. The van der Waals surface area contributed by atoms with Gasteiger partial charge in [-0.15, -0.1) is 0 Å². The molecule has 21 heavy (non-hydrogen) atoms. The van der Waals surface area contributed by atoms with Crippen molar-refractivity contribution >= 4 is 10.2 Å². The molecule has 0 saturated carbocycles. The summed E-state index contributed by atoms with van der Waals surface area (Å²) in [6.07, 6.45) is 1.93. The SMILES string of the molecule is CC1CC(C)CN(S(=O)(=O)N2CCc3ccccc3C2)C1. The van der Waals surface area contributed by atoms with Crippen LogP contribution >= 0.6 is 0 Å². The quantitative estimate of drug-likeness (QED) is 0.841. The Kier molecular flexibility index (Phi) is 4.08. The van der Waals surface area contributed by atoms with E-state index in [4.69, 9.17) is 0 Å². The predicted molar refractivity (Wildman–Crippen MR) is 84.0 cm³/mol. The fraction of sp³-hybridized carbons (Fsp3) is 0.625. The van der Waals surface area contributed by atoms with E-state index in [9.17, 15) is 8.42 Å². The highest BCUT2D eigenvalue weighted by Gasteiger charge is 2.36. The first kappa shape index (κ1) is 15.0. The molecule has 0 aromatic heterocycles. The van der Waals surface area contributed by atoms with Gasteiger partial charge in [-0.1, -0.05) is 38.1 Å². The standard InChI is InChI=1S/C16H24N2O2S/c1-13-9-14(2)11-18(10-13)21(19,20)17-8-7-15-5-3-4-6-16(15)12-17/h3-6,13-14H,7-12H2,1-2H3. The minimum Gasteiger partial charge on any atom is -0.195 e. The fourth-order valence-corrected chi connectivity index (χ4v) is 5.46. The summed E-state index contributed by atoms with van der Waals surface area (Å²) >= 11 is 0. The molecule has 1 fully saturated rings. The summed E-state index contributed by atoms with van der Waals surface area (Å²) in [6.45, 7) is 6.71. The Bertz CT molecular complexity index is 604. The number of rotatable bonds is 2. The van der Waals surface area contributed by atoms with E-state index < -0.39 is 10.2 Å². The maximum Gasteiger partial charge on any atom is 0.282 e. The third kappa shape index (κ3) is 3.00. The van der Waals surface area contributed by atoms with Gasteiger partial charge in [0.05, 0.1) is 0 Å². The van der Waals surface area contributed by atoms with Gasteiger partial charge in [-0.3, -0.25) is 0 Å². The number of hydrogen-bond donors (Lipinski definition) is 0. The van der Waals surface area contributed by atoms with Gasteiger partial charge in [0, 0.05) is 26.2 Å². The lowest BCUT2D eigenvalue weighted by Crippen LogP contribution is -2.50. The Morgan fingerprint density at radius 2 is 1.62 bits per heavy atom. The zero-order valence-electron chi connectivity index (χ0n) is 12.8. The van der Waals surface area contributed by atoms with Gasteiger partial charge in [0.1, 0.15) is 0 Å². The summed E-state index contributed by atoms with van der Waals surface area (Å²) in [5.74, 6) is 0.890. The molecule has 0 spiro atoms. The van der Waals surface area contributed by atoms with Crippen LogP contribution in [-0.4, -0.2) is 36.7 Å². The largest absolute Gasteiger partial charge is 0.282 e. The summed E-state index contributed by atoms with van der Waals surface area (Å²) < 4.78 is 29.1. The molecule has 5 heteroatoms. The molecular formula is C16H24N2O2S. The van der Waals surface area contributed by atoms with E-state index in [1.54, 1.807) is 8.61 Å². The first-order chi connectivity index (χ1) is 9.96. The van der Waals surface area contributed by atoms with Crippen LogP contribution in [0.5, 0.6) is 0 Å². The van der Waals surface area contributed by atoms with Gasteiger partial charge in [-0.2, -0.15) is 17.0 Å². The Balaban J connectivity index is 1.80. The van der Waals surface area contributed by atoms with Gasteiger partial charge in [-0.25, -0.2) is 0 Å². The molecule has 1 aromatic carbocycles. The van der Waals surface area contributed by atoms with E-state index in [0.29, 0.717) is 38.0 Å². The third-order valence-corrected chi connectivity index (χ3v) is 6.50. The normalized spacial score (nSPS) is 28.3. The molecular weight excluding hydrogens is 284 g/mol. The second kappa shape index (κ2) is 5.71. The maximum absolute atomic E-state index is 12.9. The zero-order valence-corrected chi connectivity index (χ0v) is 13.6.